The molecule has 2 rings (SSSR count). The first-order valence-corrected chi connectivity index (χ1v) is 14.0. The fourth-order valence-electron chi connectivity index (χ4n) is 3.73. The van der Waals surface area contributed by atoms with E-state index >= 15 is 0 Å². The zero-order chi connectivity index (χ0) is 26.2. The zero-order valence-corrected chi connectivity index (χ0v) is 22.6. The summed E-state index contributed by atoms with van der Waals surface area (Å²) in [6.45, 7) is 10.1. The summed E-state index contributed by atoms with van der Waals surface area (Å²) in [7, 11) is -3.51. The van der Waals surface area contributed by atoms with Crippen LogP contribution < -0.4 is 9.62 Å². The molecule has 2 amide bonds. The normalized spacial score (nSPS) is 13.1. The minimum absolute atomic E-state index is 0.0122. The third-order valence-electron chi connectivity index (χ3n) is 6.24. The maximum atomic E-state index is 13.4. The van der Waals surface area contributed by atoms with Crippen LogP contribution in [-0.2, 0) is 26.2 Å². The van der Waals surface area contributed by atoms with Crippen LogP contribution in [0.15, 0.2) is 48.5 Å². The molecule has 0 aromatic heterocycles. The van der Waals surface area contributed by atoms with Crippen molar-refractivity contribution < 1.29 is 18.0 Å². The lowest BCUT2D eigenvalue weighted by atomic mass is 10.1. The van der Waals surface area contributed by atoms with Gasteiger partial charge in [0.15, 0.2) is 0 Å². The quantitative estimate of drug-likeness (QED) is 0.473. The van der Waals surface area contributed by atoms with E-state index in [0.717, 1.165) is 23.1 Å². The van der Waals surface area contributed by atoms with E-state index in [2.05, 4.69) is 5.32 Å². The number of rotatable bonds is 12. The number of hydrogen-bond donors (Lipinski definition) is 1. The van der Waals surface area contributed by atoms with Crippen LogP contribution >= 0.6 is 0 Å². The summed E-state index contributed by atoms with van der Waals surface area (Å²) < 4.78 is 26.1. The van der Waals surface area contributed by atoms with Gasteiger partial charge in [-0.2, -0.15) is 0 Å². The average molecular weight is 502 g/mol. The molecule has 0 aliphatic heterocycles. The van der Waals surface area contributed by atoms with Crippen molar-refractivity contribution in [2.75, 3.05) is 17.1 Å². The Balaban J connectivity index is 2.18. The van der Waals surface area contributed by atoms with Crippen molar-refractivity contribution >= 4 is 27.5 Å². The maximum absolute atomic E-state index is 13.4. The van der Waals surface area contributed by atoms with Crippen LogP contribution in [0, 0.1) is 13.8 Å². The molecule has 2 aromatic rings. The Hall–Kier alpha value is -2.87. The first-order valence-electron chi connectivity index (χ1n) is 12.1. The van der Waals surface area contributed by atoms with E-state index in [9.17, 15) is 18.0 Å². The summed E-state index contributed by atoms with van der Waals surface area (Å²) in [6.07, 6.45) is 2.43. The molecule has 8 heteroatoms. The van der Waals surface area contributed by atoms with E-state index in [4.69, 9.17) is 0 Å². The monoisotopic (exact) mass is 501 g/mol. The molecule has 7 nitrogen and oxygen atoms in total. The molecule has 0 aliphatic carbocycles. The van der Waals surface area contributed by atoms with Gasteiger partial charge in [-0.15, -0.1) is 0 Å². The summed E-state index contributed by atoms with van der Waals surface area (Å²) in [5, 5.41) is 2.96. The Kier molecular flexibility index (Phi) is 10.3. The second kappa shape index (κ2) is 12.7. The largest absolute Gasteiger partial charge is 0.352 e. The number of nitrogens with zero attached hydrogens (tertiary/aromatic N) is 2. The van der Waals surface area contributed by atoms with Gasteiger partial charge in [0.2, 0.25) is 21.8 Å². The number of aryl methyl sites for hydroxylation is 2. The Morgan fingerprint density at radius 3 is 2.20 bits per heavy atom. The summed E-state index contributed by atoms with van der Waals surface area (Å²) in [6, 6.07) is 14.4. The molecule has 0 bridgehead atoms. The zero-order valence-electron chi connectivity index (χ0n) is 21.7. The number of carbonyl (C=O) groups excluding carboxylic acids is 2. The third-order valence-corrected chi connectivity index (χ3v) is 7.44. The van der Waals surface area contributed by atoms with Crippen LogP contribution in [0.3, 0.4) is 0 Å². The van der Waals surface area contributed by atoms with Gasteiger partial charge in [-0.1, -0.05) is 48.9 Å². The number of anilines is 1. The Morgan fingerprint density at radius 2 is 1.63 bits per heavy atom. The highest BCUT2D eigenvalue weighted by Gasteiger charge is 2.27. The first-order chi connectivity index (χ1) is 16.4. The van der Waals surface area contributed by atoms with E-state index in [0.29, 0.717) is 18.7 Å². The molecule has 0 unspecified atom stereocenters. The predicted octanol–water partition coefficient (Wildman–Crippen LogP) is 4.18. The molecule has 0 saturated heterocycles. The molecule has 192 valence electrons. The molecular weight excluding hydrogens is 462 g/mol. The van der Waals surface area contributed by atoms with Gasteiger partial charge in [0, 0.05) is 25.6 Å². The van der Waals surface area contributed by atoms with Gasteiger partial charge < -0.3 is 10.2 Å². The maximum Gasteiger partial charge on any atom is 0.242 e. The third kappa shape index (κ3) is 8.38. The fraction of sp³-hybridized carbons (Fsp3) is 0.481. The minimum atomic E-state index is -3.51. The molecule has 35 heavy (non-hydrogen) atoms. The lowest BCUT2D eigenvalue weighted by Gasteiger charge is -2.30. The summed E-state index contributed by atoms with van der Waals surface area (Å²) in [5.74, 6) is -0.379. The standard InChI is InChI=1S/C27H39N3O4S/c1-7-22(4)28-27(32)23(5)29(19-24-12-9-8-11-21(24)3)26(31)13-10-18-30(35(6,33)34)25-16-14-20(2)15-17-25/h8-9,11-12,14-17,22-23H,7,10,13,18-19H2,1-6H3,(H,28,32)/t22-,23-/m0/s1. The lowest BCUT2D eigenvalue weighted by molar-refractivity contribution is -0.140. The number of amides is 2. The smallest absolute Gasteiger partial charge is 0.242 e. The van der Waals surface area contributed by atoms with E-state index in [-0.39, 0.29) is 30.8 Å². The number of carbonyl (C=O) groups is 2. The molecule has 0 heterocycles. The SMILES string of the molecule is CC[C@H](C)NC(=O)[C@H](C)N(Cc1ccccc1C)C(=O)CCCN(c1ccc(C)cc1)S(C)(=O)=O. The number of nitrogens with one attached hydrogen (secondary N) is 1. The Bertz CT molecular complexity index is 1100. The van der Waals surface area contributed by atoms with Crippen molar-refractivity contribution in [2.45, 2.75) is 72.5 Å². The predicted molar refractivity (Wildman–Crippen MR) is 142 cm³/mol. The second-order valence-electron chi connectivity index (χ2n) is 9.22. The Labute approximate surface area is 210 Å². The van der Waals surface area contributed by atoms with Crippen molar-refractivity contribution in [3.8, 4) is 0 Å². The second-order valence-corrected chi connectivity index (χ2v) is 11.1. The van der Waals surface area contributed by atoms with Gasteiger partial charge in [0.1, 0.15) is 6.04 Å². The van der Waals surface area contributed by atoms with Gasteiger partial charge in [0.25, 0.3) is 0 Å². The van der Waals surface area contributed by atoms with E-state index < -0.39 is 16.1 Å². The highest BCUT2D eigenvalue weighted by Crippen LogP contribution is 2.20. The van der Waals surface area contributed by atoms with E-state index in [1.807, 2.05) is 64.1 Å². The van der Waals surface area contributed by atoms with Crippen LogP contribution in [0.5, 0.6) is 0 Å². The van der Waals surface area contributed by atoms with Gasteiger partial charge in [-0.3, -0.25) is 13.9 Å². The van der Waals surface area contributed by atoms with Crippen LogP contribution in [-0.4, -0.2) is 50.0 Å². The lowest BCUT2D eigenvalue weighted by Crippen LogP contribution is -2.49. The topological polar surface area (TPSA) is 86.8 Å². The van der Waals surface area contributed by atoms with Crippen molar-refractivity contribution in [2.24, 2.45) is 0 Å². The van der Waals surface area contributed by atoms with E-state index in [1.165, 1.54) is 10.6 Å². The van der Waals surface area contributed by atoms with Gasteiger partial charge in [-0.25, -0.2) is 8.42 Å². The van der Waals surface area contributed by atoms with Crippen molar-refractivity contribution in [3.05, 3.63) is 65.2 Å². The van der Waals surface area contributed by atoms with Crippen molar-refractivity contribution in [3.63, 3.8) is 0 Å². The molecule has 0 spiro atoms. The van der Waals surface area contributed by atoms with Crippen molar-refractivity contribution in [1.82, 2.24) is 10.2 Å². The number of sulfonamides is 1. The van der Waals surface area contributed by atoms with Crippen LogP contribution in [0.1, 0.15) is 56.7 Å². The highest BCUT2D eigenvalue weighted by atomic mass is 32.2. The number of hydrogen-bond acceptors (Lipinski definition) is 4. The summed E-state index contributed by atoms with van der Waals surface area (Å²) >= 11 is 0. The van der Waals surface area contributed by atoms with Gasteiger partial charge >= 0.3 is 0 Å². The molecule has 0 fully saturated rings. The molecule has 2 aromatic carbocycles. The molecule has 1 N–H and O–H groups in total. The van der Waals surface area contributed by atoms with Crippen LogP contribution in [0.4, 0.5) is 5.69 Å². The summed E-state index contributed by atoms with van der Waals surface area (Å²) in [5.41, 5.74) is 3.63. The summed E-state index contributed by atoms with van der Waals surface area (Å²) in [4.78, 5) is 27.8. The first kappa shape index (κ1) is 28.4. The van der Waals surface area contributed by atoms with Crippen LogP contribution in [0.25, 0.3) is 0 Å². The van der Waals surface area contributed by atoms with Crippen LogP contribution in [0.2, 0.25) is 0 Å². The molecule has 0 radical (unpaired) electrons. The Morgan fingerprint density at radius 1 is 1.00 bits per heavy atom. The van der Waals surface area contributed by atoms with Gasteiger partial charge in [-0.05, 0) is 63.8 Å². The fourth-order valence-corrected chi connectivity index (χ4v) is 4.70. The molecule has 0 aliphatic rings. The highest BCUT2D eigenvalue weighted by molar-refractivity contribution is 7.92. The molecule has 0 saturated carbocycles. The van der Waals surface area contributed by atoms with E-state index in [1.54, 1.807) is 24.0 Å². The average Bonchev–Trinajstić information content (AvgIpc) is 2.80. The molecule has 2 atom stereocenters. The van der Waals surface area contributed by atoms with Crippen molar-refractivity contribution in [1.29, 1.82) is 0 Å². The minimum Gasteiger partial charge on any atom is -0.352 e. The van der Waals surface area contributed by atoms with Gasteiger partial charge in [0.05, 0.1) is 11.9 Å². The number of benzene rings is 2. The molecular formula is C27H39N3O4S.